The van der Waals surface area contributed by atoms with Crippen LogP contribution in [0.5, 0.6) is 0 Å². The van der Waals surface area contributed by atoms with Gasteiger partial charge < -0.3 is 4.57 Å². The fourth-order valence-electron chi connectivity index (χ4n) is 0.879. The van der Waals surface area contributed by atoms with Crippen molar-refractivity contribution in [3.63, 3.8) is 0 Å². The van der Waals surface area contributed by atoms with E-state index in [1.165, 1.54) is 5.03 Å². The normalized spacial score (nSPS) is 9.08. The number of hydrogen-bond acceptors (Lipinski definition) is 2. The maximum absolute atomic E-state index is 4.18. The summed E-state index contributed by atoms with van der Waals surface area (Å²) in [5.41, 5.74) is 1.13. The maximum atomic E-state index is 4.18. The van der Waals surface area contributed by atoms with Gasteiger partial charge in [-0.05, 0) is 12.7 Å². The van der Waals surface area contributed by atoms with Gasteiger partial charge in [-0.25, -0.2) is 4.98 Å². The number of thioether (sulfide) groups is 1. The molecule has 1 heterocycles. The van der Waals surface area contributed by atoms with Crippen LogP contribution in [-0.2, 0) is 7.05 Å². The molecule has 0 spiro atoms. The molecule has 3 heteroatoms. The minimum absolute atomic E-state index is 1.11. The zero-order valence-electron chi connectivity index (χ0n) is 8.59. The van der Waals surface area contributed by atoms with Gasteiger partial charge in [-0.2, -0.15) is 0 Å². The number of rotatable bonds is 2. The number of nitrogens with zero attached hydrogens (tertiary/aromatic N) is 2. The third-order valence-electron chi connectivity index (χ3n) is 1.34. The average molecular weight is 186 g/mol. The topological polar surface area (TPSA) is 17.8 Å². The van der Waals surface area contributed by atoms with E-state index in [4.69, 9.17) is 0 Å². The third-order valence-corrected chi connectivity index (χ3v) is 2.48. The van der Waals surface area contributed by atoms with E-state index in [0.29, 0.717) is 0 Å². The Morgan fingerprint density at radius 2 is 2.08 bits per heavy atom. The Labute approximate surface area is 79.4 Å². The second-order valence-electron chi connectivity index (χ2n) is 2.18. The smallest absolute Gasteiger partial charge is 0.0973 e. The first-order chi connectivity index (χ1) is 5.75. The van der Waals surface area contributed by atoms with Crippen molar-refractivity contribution < 1.29 is 0 Å². The first kappa shape index (κ1) is 11.6. The Morgan fingerprint density at radius 1 is 1.50 bits per heavy atom. The van der Waals surface area contributed by atoms with E-state index in [1.54, 1.807) is 0 Å². The van der Waals surface area contributed by atoms with Crippen LogP contribution >= 0.6 is 11.8 Å². The number of aromatic nitrogens is 2. The van der Waals surface area contributed by atoms with Crippen LogP contribution in [0.3, 0.4) is 0 Å². The summed E-state index contributed by atoms with van der Waals surface area (Å²) < 4.78 is 2.06. The largest absolute Gasteiger partial charge is 0.329 e. The summed E-state index contributed by atoms with van der Waals surface area (Å²) in [6.45, 7) is 8.19. The van der Waals surface area contributed by atoms with Crippen molar-refractivity contribution in [3.05, 3.63) is 12.0 Å². The van der Waals surface area contributed by atoms with Gasteiger partial charge >= 0.3 is 0 Å². The SMILES string of the molecule is CC.CCSc1c(C)ncn1C. The molecule has 0 bridgehead atoms. The monoisotopic (exact) mass is 186 g/mol. The second kappa shape index (κ2) is 6.12. The van der Waals surface area contributed by atoms with Crippen molar-refractivity contribution >= 4 is 11.8 Å². The summed E-state index contributed by atoms with van der Waals surface area (Å²) in [6, 6.07) is 0. The molecule has 0 atom stereocenters. The second-order valence-corrected chi connectivity index (χ2v) is 3.43. The van der Waals surface area contributed by atoms with E-state index in [9.17, 15) is 0 Å². The molecule has 1 rings (SSSR count). The van der Waals surface area contributed by atoms with Crippen molar-refractivity contribution in [3.8, 4) is 0 Å². The van der Waals surface area contributed by atoms with E-state index in [1.807, 2.05) is 45.9 Å². The highest BCUT2D eigenvalue weighted by molar-refractivity contribution is 7.99. The minimum atomic E-state index is 1.11. The molecule has 0 amide bonds. The Hall–Kier alpha value is -0.440. The third kappa shape index (κ3) is 2.89. The van der Waals surface area contributed by atoms with Gasteiger partial charge in [0.05, 0.1) is 17.0 Å². The molecule has 70 valence electrons. The lowest BCUT2D eigenvalue weighted by Gasteiger charge is -1.98. The number of hydrogen-bond donors (Lipinski definition) is 0. The van der Waals surface area contributed by atoms with Crippen molar-refractivity contribution in [1.29, 1.82) is 0 Å². The van der Waals surface area contributed by atoms with Crippen molar-refractivity contribution in [1.82, 2.24) is 9.55 Å². The summed E-state index contributed by atoms with van der Waals surface area (Å²) in [7, 11) is 2.03. The van der Waals surface area contributed by atoms with Crippen LogP contribution < -0.4 is 0 Å². The van der Waals surface area contributed by atoms with Crippen molar-refractivity contribution in [2.24, 2.45) is 7.05 Å². The fraction of sp³-hybridized carbons (Fsp3) is 0.667. The first-order valence-corrected chi connectivity index (χ1v) is 5.35. The molecule has 0 aliphatic heterocycles. The van der Waals surface area contributed by atoms with Gasteiger partial charge in [0.25, 0.3) is 0 Å². The number of imidazole rings is 1. The fourth-order valence-corrected chi connectivity index (χ4v) is 1.66. The molecule has 0 saturated heterocycles. The molecule has 0 aromatic carbocycles. The van der Waals surface area contributed by atoms with E-state index in [-0.39, 0.29) is 0 Å². The van der Waals surface area contributed by atoms with Crippen LogP contribution in [0.2, 0.25) is 0 Å². The molecule has 0 aliphatic rings. The lowest BCUT2D eigenvalue weighted by atomic mass is 10.6. The zero-order valence-corrected chi connectivity index (χ0v) is 9.40. The van der Waals surface area contributed by atoms with Crippen LogP contribution in [0, 0.1) is 6.92 Å². The highest BCUT2D eigenvalue weighted by Crippen LogP contribution is 2.19. The summed E-state index contributed by atoms with van der Waals surface area (Å²) in [5, 5.41) is 1.28. The highest BCUT2D eigenvalue weighted by atomic mass is 32.2. The molecule has 0 unspecified atom stereocenters. The van der Waals surface area contributed by atoms with Crippen LogP contribution in [0.4, 0.5) is 0 Å². The molecule has 0 fully saturated rings. The quantitative estimate of drug-likeness (QED) is 0.661. The van der Waals surface area contributed by atoms with E-state index in [0.717, 1.165) is 11.4 Å². The Kier molecular flexibility index (Phi) is 5.89. The molecule has 12 heavy (non-hydrogen) atoms. The van der Waals surface area contributed by atoms with Crippen LogP contribution in [-0.4, -0.2) is 15.3 Å². The van der Waals surface area contributed by atoms with E-state index in [2.05, 4.69) is 16.5 Å². The van der Waals surface area contributed by atoms with Crippen LogP contribution in [0.1, 0.15) is 26.5 Å². The summed E-state index contributed by atoms with van der Waals surface area (Å²) >= 11 is 1.84. The maximum Gasteiger partial charge on any atom is 0.0973 e. The molecular weight excluding hydrogens is 168 g/mol. The predicted molar refractivity (Wildman–Crippen MR) is 55.7 cm³/mol. The van der Waals surface area contributed by atoms with Gasteiger partial charge in [0.1, 0.15) is 0 Å². The predicted octanol–water partition coefficient (Wildman–Crippen LogP) is 2.87. The molecule has 1 aromatic rings. The molecule has 0 saturated carbocycles. The first-order valence-electron chi connectivity index (χ1n) is 4.36. The molecular formula is C9H18N2S. The Bertz CT molecular complexity index is 199. The Morgan fingerprint density at radius 3 is 2.42 bits per heavy atom. The zero-order chi connectivity index (χ0) is 9.56. The molecule has 0 aliphatic carbocycles. The molecule has 0 N–H and O–H groups in total. The summed E-state index contributed by atoms with van der Waals surface area (Å²) in [6.07, 6.45) is 1.85. The van der Waals surface area contributed by atoms with Gasteiger partial charge in [-0.15, -0.1) is 11.8 Å². The van der Waals surface area contributed by atoms with E-state index >= 15 is 0 Å². The average Bonchev–Trinajstić information content (AvgIpc) is 2.40. The molecule has 0 radical (unpaired) electrons. The Balaban J connectivity index is 0.000000561. The van der Waals surface area contributed by atoms with Crippen molar-refractivity contribution in [2.45, 2.75) is 32.7 Å². The van der Waals surface area contributed by atoms with Gasteiger partial charge in [0.15, 0.2) is 0 Å². The standard InChI is InChI=1S/C7H12N2S.C2H6/c1-4-10-7-6(2)8-5-9(7)3;1-2/h5H,4H2,1-3H3;1-2H3. The van der Waals surface area contributed by atoms with Crippen LogP contribution in [0.25, 0.3) is 0 Å². The number of aryl methyl sites for hydroxylation is 2. The van der Waals surface area contributed by atoms with Crippen LogP contribution in [0.15, 0.2) is 11.4 Å². The van der Waals surface area contributed by atoms with Gasteiger partial charge in [0, 0.05) is 7.05 Å². The van der Waals surface area contributed by atoms with Gasteiger partial charge in [0.2, 0.25) is 0 Å². The van der Waals surface area contributed by atoms with E-state index < -0.39 is 0 Å². The highest BCUT2D eigenvalue weighted by Gasteiger charge is 2.01. The van der Waals surface area contributed by atoms with Crippen molar-refractivity contribution in [2.75, 3.05) is 5.75 Å². The molecule has 1 aromatic heterocycles. The lowest BCUT2D eigenvalue weighted by Crippen LogP contribution is -1.88. The lowest BCUT2D eigenvalue weighted by molar-refractivity contribution is 0.818. The van der Waals surface area contributed by atoms with Gasteiger partial charge in [-0.3, -0.25) is 0 Å². The van der Waals surface area contributed by atoms with Gasteiger partial charge in [-0.1, -0.05) is 20.8 Å². The molecule has 2 nitrogen and oxygen atoms in total. The summed E-state index contributed by atoms with van der Waals surface area (Å²) in [4.78, 5) is 4.18. The minimum Gasteiger partial charge on any atom is -0.329 e. The summed E-state index contributed by atoms with van der Waals surface area (Å²) in [5.74, 6) is 1.11.